The number of aromatic nitrogens is 2. The van der Waals surface area contributed by atoms with Gasteiger partial charge < -0.3 is 4.74 Å². The lowest BCUT2D eigenvalue weighted by molar-refractivity contribution is -0.117. The van der Waals surface area contributed by atoms with Crippen molar-refractivity contribution >= 4 is 11.8 Å². The Morgan fingerprint density at radius 2 is 2.05 bits per heavy atom. The van der Waals surface area contributed by atoms with Crippen LogP contribution in [-0.2, 0) is 27.9 Å². The third kappa shape index (κ3) is 2.29. The zero-order chi connectivity index (χ0) is 14.2. The molecule has 0 radical (unpaired) electrons. The van der Waals surface area contributed by atoms with Crippen molar-refractivity contribution in [2.75, 3.05) is 6.61 Å². The predicted molar refractivity (Wildman–Crippen MR) is 70.2 cm³/mol. The smallest absolute Gasteiger partial charge is 0.359 e. The highest BCUT2D eigenvalue weighted by atomic mass is 16.5. The second-order valence-corrected chi connectivity index (χ2v) is 5.46. The summed E-state index contributed by atoms with van der Waals surface area (Å²) in [6.45, 7) is 8.24. The van der Waals surface area contributed by atoms with Gasteiger partial charge in [-0.05, 0) is 27.2 Å². The Kier molecular flexibility index (Phi) is 3.47. The first-order valence-electron chi connectivity index (χ1n) is 6.70. The van der Waals surface area contributed by atoms with Crippen molar-refractivity contribution in [2.45, 2.75) is 52.5 Å². The molecule has 0 saturated carbocycles. The molecule has 0 aromatic carbocycles. The van der Waals surface area contributed by atoms with Gasteiger partial charge in [0.05, 0.1) is 17.8 Å². The average molecular weight is 264 g/mol. The highest BCUT2D eigenvalue weighted by Gasteiger charge is 2.35. The van der Waals surface area contributed by atoms with Crippen LogP contribution < -0.4 is 0 Å². The summed E-state index contributed by atoms with van der Waals surface area (Å²) in [4.78, 5) is 23.6. The number of carbonyl (C=O) groups excluding carboxylic acids is 2. The molecular weight excluding hydrogens is 244 g/mol. The minimum absolute atomic E-state index is 0.138. The van der Waals surface area contributed by atoms with Gasteiger partial charge in [0.1, 0.15) is 5.78 Å². The first-order valence-corrected chi connectivity index (χ1v) is 6.70. The van der Waals surface area contributed by atoms with Crippen molar-refractivity contribution in [1.29, 1.82) is 0 Å². The van der Waals surface area contributed by atoms with Crippen molar-refractivity contribution < 1.29 is 14.3 Å². The van der Waals surface area contributed by atoms with Crippen LogP contribution in [0.15, 0.2) is 0 Å². The minimum atomic E-state index is -0.431. The Morgan fingerprint density at radius 3 is 2.63 bits per heavy atom. The average Bonchev–Trinajstić information content (AvgIpc) is 2.86. The lowest BCUT2D eigenvalue weighted by Crippen LogP contribution is -2.29. The van der Waals surface area contributed by atoms with Gasteiger partial charge in [0, 0.05) is 18.4 Å². The fourth-order valence-electron chi connectivity index (χ4n) is 2.31. The molecular formula is C14H20N2O3. The number of nitrogens with zero attached hydrogens (tertiary/aromatic N) is 2. The molecule has 0 atom stereocenters. The number of fused-ring (bicyclic) bond motifs is 1. The van der Waals surface area contributed by atoms with E-state index >= 15 is 0 Å². The van der Waals surface area contributed by atoms with Gasteiger partial charge in [0.2, 0.25) is 0 Å². The summed E-state index contributed by atoms with van der Waals surface area (Å²) in [6.07, 6.45) is 1.53. The van der Waals surface area contributed by atoms with Gasteiger partial charge in [-0.25, -0.2) is 4.79 Å². The quantitative estimate of drug-likeness (QED) is 0.779. The van der Waals surface area contributed by atoms with E-state index in [4.69, 9.17) is 4.74 Å². The maximum atomic E-state index is 11.9. The molecule has 0 aliphatic heterocycles. The topological polar surface area (TPSA) is 61.2 Å². The zero-order valence-corrected chi connectivity index (χ0v) is 11.9. The molecule has 0 unspecified atom stereocenters. The lowest BCUT2D eigenvalue weighted by Gasteiger charge is -2.25. The number of ether oxygens (including phenoxy) is 1. The number of ketones is 1. The molecule has 5 heteroatoms. The summed E-state index contributed by atoms with van der Waals surface area (Å²) in [6, 6.07) is 0. The molecule has 1 aliphatic rings. The second-order valence-electron chi connectivity index (χ2n) is 5.46. The number of hydrogen-bond acceptors (Lipinski definition) is 4. The second kappa shape index (κ2) is 4.79. The maximum absolute atomic E-state index is 11.9. The molecule has 0 saturated heterocycles. The van der Waals surface area contributed by atoms with Gasteiger partial charge in [-0.3, -0.25) is 9.48 Å². The summed E-state index contributed by atoms with van der Waals surface area (Å²) >= 11 is 0. The van der Waals surface area contributed by atoms with Crippen molar-refractivity contribution in [3.8, 4) is 0 Å². The Bertz CT molecular complexity index is 529. The van der Waals surface area contributed by atoms with E-state index in [1.54, 1.807) is 6.92 Å². The summed E-state index contributed by atoms with van der Waals surface area (Å²) in [5.41, 5.74) is 1.73. The monoisotopic (exact) mass is 264 g/mol. The number of Topliss-reactive ketones (excluding diaryl/α,β-unsaturated/α-hetero) is 1. The number of rotatable bonds is 4. The van der Waals surface area contributed by atoms with Crippen LogP contribution >= 0.6 is 0 Å². The van der Waals surface area contributed by atoms with Gasteiger partial charge >= 0.3 is 5.97 Å². The summed E-state index contributed by atoms with van der Waals surface area (Å²) < 4.78 is 6.85. The van der Waals surface area contributed by atoms with Crippen LogP contribution in [0.2, 0.25) is 0 Å². The third-order valence-electron chi connectivity index (χ3n) is 3.74. The molecule has 2 rings (SSSR count). The normalized spacial score (nSPS) is 14.6. The van der Waals surface area contributed by atoms with Crippen molar-refractivity contribution in [1.82, 2.24) is 9.78 Å². The largest absolute Gasteiger partial charge is 0.461 e. The maximum Gasteiger partial charge on any atom is 0.359 e. The fourth-order valence-corrected chi connectivity index (χ4v) is 2.31. The van der Waals surface area contributed by atoms with E-state index < -0.39 is 5.97 Å². The molecule has 0 amide bonds. The molecule has 1 heterocycles. The molecule has 0 bridgehead atoms. The van der Waals surface area contributed by atoms with Crippen LogP contribution in [0.5, 0.6) is 0 Å². The van der Waals surface area contributed by atoms with Gasteiger partial charge in [-0.2, -0.15) is 5.10 Å². The predicted octanol–water partition coefficient (Wildman–Crippen LogP) is 1.87. The van der Waals surface area contributed by atoms with E-state index in [9.17, 15) is 9.59 Å². The van der Waals surface area contributed by atoms with Crippen molar-refractivity contribution in [2.24, 2.45) is 0 Å². The molecule has 0 N–H and O–H groups in total. The van der Waals surface area contributed by atoms with Crippen LogP contribution in [0.1, 0.15) is 55.9 Å². The summed E-state index contributed by atoms with van der Waals surface area (Å²) in [5, 5.41) is 4.42. The Hall–Kier alpha value is -1.65. The van der Waals surface area contributed by atoms with Crippen LogP contribution in [0.25, 0.3) is 0 Å². The van der Waals surface area contributed by atoms with E-state index in [2.05, 4.69) is 25.9 Å². The summed E-state index contributed by atoms with van der Waals surface area (Å²) in [5.74, 6) is -0.294. The van der Waals surface area contributed by atoms with Gasteiger partial charge in [-0.15, -0.1) is 0 Å². The minimum Gasteiger partial charge on any atom is -0.461 e. The van der Waals surface area contributed by atoms with E-state index in [0.717, 1.165) is 17.7 Å². The van der Waals surface area contributed by atoms with E-state index in [-0.39, 0.29) is 11.3 Å². The number of hydrogen-bond donors (Lipinski definition) is 0. The zero-order valence-electron chi connectivity index (χ0n) is 11.9. The molecule has 5 nitrogen and oxygen atoms in total. The van der Waals surface area contributed by atoms with Gasteiger partial charge in [0.15, 0.2) is 5.69 Å². The first-order chi connectivity index (χ1) is 8.90. The molecule has 1 aliphatic carbocycles. The fraction of sp³-hybridized carbons (Fsp3) is 0.643. The highest BCUT2D eigenvalue weighted by Crippen LogP contribution is 2.30. The molecule has 104 valence electrons. The summed E-state index contributed by atoms with van der Waals surface area (Å²) in [7, 11) is 0. The Morgan fingerprint density at radius 1 is 1.37 bits per heavy atom. The molecule has 0 fully saturated rings. The van der Waals surface area contributed by atoms with Crippen molar-refractivity contribution in [3.05, 3.63) is 17.0 Å². The molecule has 1 aromatic heterocycles. The molecule has 0 spiro atoms. The number of esters is 1. The standard InChI is InChI=1S/C14H20N2O3/c1-5-14(3,4)16-11-8-9(17)7-10(11)12(15-16)13(18)19-6-2/h5-8H2,1-4H3. The Balaban J connectivity index is 2.51. The lowest BCUT2D eigenvalue weighted by atomic mass is 10.0. The highest BCUT2D eigenvalue weighted by molar-refractivity contribution is 5.95. The van der Waals surface area contributed by atoms with Crippen LogP contribution in [0.4, 0.5) is 0 Å². The first kappa shape index (κ1) is 13.8. The van der Waals surface area contributed by atoms with E-state index in [1.165, 1.54) is 0 Å². The SMILES string of the molecule is CCOC(=O)c1nn(C(C)(C)CC)c2c1CC(=O)C2. The molecule has 19 heavy (non-hydrogen) atoms. The van der Waals surface area contributed by atoms with Gasteiger partial charge in [0.25, 0.3) is 0 Å². The van der Waals surface area contributed by atoms with Crippen LogP contribution in [-0.4, -0.2) is 28.1 Å². The third-order valence-corrected chi connectivity index (χ3v) is 3.74. The molecule has 1 aromatic rings. The number of carbonyl (C=O) groups is 2. The van der Waals surface area contributed by atoms with Crippen LogP contribution in [0, 0.1) is 0 Å². The van der Waals surface area contributed by atoms with E-state index in [1.807, 2.05) is 4.68 Å². The van der Waals surface area contributed by atoms with E-state index in [0.29, 0.717) is 25.1 Å². The Labute approximate surface area is 112 Å². The van der Waals surface area contributed by atoms with Crippen LogP contribution in [0.3, 0.4) is 0 Å². The van der Waals surface area contributed by atoms with Crippen molar-refractivity contribution in [3.63, 3.8) is 0 Å². The van der Waals surface area contributed by atoms with Gasteiger partial charge in [-0.1, -0.05) is 6.92 Å².